The monoisotopic (exact) mass is 608 g/mol. The Labute approximate surface area is 251 Å². The molecule has 1 amide bonds. The Morgan fingerprint density at radius 2 is 1.67 bits per heavy atom. The number of carbonyl (C=O) groups excluding carboxylic acids is 2. The number of alkyl halides is 3. The van der Waals surface area contributed by atoms with Gasteiger partial charge in [-0.25, -0.2) is 9.97 Å². The molecule has 0 bridgehead atoms. The van der Waals surface area contributed by atoms with Crippen LogP contribution in [0.3, 0.4) is 0 Å². The summed E-state index contributed by atoms with van der Waals surface area (Å²) in [6, 6.07) is 13.8. The highest BCUT2D eigenvalue weighted by molar-refractivity contribution is 7.17. The van der Waals surface area contributed by atoms with E-state index < -0.39 is 23.4 Å². The van der Waals surface area contributed by atoms with Crippen molar-refractivity contribution >= 4 is 39.7 Å². The molecule has 224 valence electrons. The number of ketones is 1. The van der Waals surface area contributed by atoms with Gasteiger partial charge in [0.1, 0.15) is 10.7 Å². The van der Waals surface area contributed by atoms with Crippen LogP contribution in [0, 0.1) is 6.92 Å². The van der Waals surface area contributed by atoms with E-state index in [2.05, 4.69) is 32.4 Å². The number of halogens is 3. The number of hydrogen-bond acceptors (Lipinski definition) is 8. The van der Waals surface area contributed by atoms with E-state index in [1.165, 1.54) is 24.4 Å². The Kier molecular flexibility index (Phi) is 9.19. The van der Waals surface area contributed by atoms with Crippen LogP contribution in [-0.2, 0) is 12.7 Å². The number of amides is 1. The molecule has 1 saturated heterocycles. The predicted octanol–water partition coefficient (Wildman–Crippen LogP) is 6.23. The minimum atomic E-state index is -4.61. The zero-order chi connectivity index (χ0) is 30.6. The van der Waals surface area contributed by atoms with Gasteiger partial charge >= 0.3 is 6.18 Å². The minimum absolute atomic E-state index is 0.0688. The average molecular weight is 609 g/mol. The molecular weight excluding hydrogens is 577 g/mol. The molecule has 0 saturated carbocycles. The largest absolute Gasteiger partial charge is 0.416 e. The molecule has 3 heterocycles. The maximum absolute atomic E-state index is 14.1. The minimum Gasteiger partial charge on any atom is -0.321 e. The Bertz CT molecular complexity index is 1600. The number of hydrogen-bond donors (Lipinski definition) is 2. The molecule has 0 atom stereocenters. The number of nitrogens with one attached hydrogen (secondary N) is 2. The number of aryl methyl sites for hydroxylation is 1. The Hall–Kier alpha value is -4.13. The molecule has 43 heavy (non-hydrogen) atoms. The summed E-state index contributed by atoms with van der Waals surface area (Å²) in [7, 11) is 0. The van der Waals surface area contributed by atoms with Crippen molar-refractivity contribution in [2.45, 2.75) is 26.6 Å². The zero-order valence-electron chi connectivity index (χ0n) is 23.7. The van der Waals surface area contributed by atoms with E-state index in [0.717, 1.165) is 37.0 Å². The van der Waals surface area contributed by atoms with Crippen LogP contribution in [0.4, 0.5) is 29.8 Å². The van der Waals surface area contributed by atoms with E-state index in [9.17, 15) is 22.8 Å². The summed E-state index contributed by atoms with van der Waals surface area (Å²) in [6.07, 6.45) is -1.55. The standard InChI is InChI=1S/C31H31F3N6O2S/c1-3-39-12-14-40(15-13-39)19-23-10-9-21(16-24(23)31(32,33)34)28(41)22-8-7-20(2)25(17-22)37-29(42)26-18-36-30(43-26)38-27-6-4-5-11-35-27/h4-11,16-18H,3,12-15,19H2,1-2H3,(H,37,42)(H,35,36,38). The second-order valence-electron chi connectivity index (χ2n) is 10.3. The van der Waals surface area contributed by atoms with Crippen molar-refractivity contribution in [2.75, 3.05) is 43.4 Å². The summed E-state index contributed by atoms with van der Waals surface area (Å²) in [5, 5.41) is 6.31. The van der Waals surface area contributed by atoms with Gasteiger partial charge < -0.3 is 15.5 Å². The van der Waals surface area contributed by atoms with Gasteiger partial charge in [-0.3, -0.25) is 14.5 Å². The van der Waals surface area contributed by atoms with Crippen LogP contribution in [0.5, 0.6) is 0 Å². The third-order valence-corrected chi connectivity index (χ3v) is 8.27. The molecule has 4 aromatic rings. The molecule has 0 unspecified atom stereocenters. The highest BCUT2D eigenvalue weighted by atomic mass is 32.1. The van der Waals surface area contributed by atoms with Crippen LogP contribution >= 0.6 is 11.3 Å². The number of aromatic nitrogens is 2. The van der Waals surface area contributed by atoms with Crippen LogP contribution in [0.15, 0.2) is 67.0 Å². The molecule has 1 aliphatic rings. The number of piperazine rings is 1. The predicted molar refractivity (Wildman–Crippen MR) is 161 cm³/mol. The van der Waals surface area contributed by atoms with Crippen molar-refractivity contribution in [3.05, 3.63) is 99.7 Å². The van der Waals surface area contributed by atoms with Gasteiger partial charge in [-0.1, -0.05) is 48.6 Å². The van der Waals surface area contributed by atoms with Crippen LogP contribution in [0.1, 0.15) is 49.2 Å². The fraction of sp³-hybridized carbons (Fsp3) is 0.290. The lowest BCUT2D eigenvalue weighted by atomic mass is 9.96. The van der Waals surface area contributed by atoms with Gasteiger partial charge in [0.15, 0.2) is 10.9 Å². The summed E-state index contributed by atoms with van der Waals surface area (Å²) in [4.78, 5) is 39.3. The number of benzene rings is 2. The topological polar surface area (TPSA) is 90.5 Å². The molecule has 0 spiro atoms. The van der Waals surface area contributed by atoms with Crippen molar-refractivity contribution < 1.29 is 22.8 Å². The lowest BCUT2D eigenvalue weighted by Crippen LogP contribution is -2.45. The molecule has 2 aromatic carbocycles. The maximum Gasteiger partial charge on any atom is 0.416 e. The number of anilines is 3. The highest BCUT2D eigenvalue weighted by Crippen LogP contribution is 2.34. The number of rotatable bonds is 9. The van der Waals surface area contributed by atoms with Crippen molar-refractivity contribution in [3.63, 3.8) is 0 Å². The molecule has 2 aromatic heterocycles. The van der Waals surface area contributed by atoms with Crippen molar-refractivity contribution in [2.24, 2.45) is 0 Å². The molecule has 12 heteroatoms. The summed E-state index contributed by atoms with van der Waals surface area (Å²) in [5.74, 6) is -0.408. The normalized spacial score (nSPS) is 14.4. The molecule has 8 nitrogen and oxygen atoms in total. The molecule has 1 aliphatic heterocycles. The fourth-order valence-corrected chi connectivity index (χ4v) is 5.57. The number of likely N-dealkylation sites (N-methyl/N-ethyl adjacent to an activating group) is 1. The second kappa shape index (κ2) is 13.0. The van der Waals surface area contributed by atoms with Crippen LogP contribution < -0.4 is 10.6 Å². The Balaban J connectivity index is 1.31. The lowest BCUT2D eigenvalue weighted by Gasteiger charge is -2.34. The van der Waals surface area contributed by atoms with E-state index in [-0.39, 0.29) is 23.2 Å². The van der Waals surface area contributed by atoms with E-state index in [1.807, 2.05) is 11.0 Å². The molecule has 2 N–H and O–H groups in total. The van der Waals surface area contributed by atoms with Gasteiger partial charge in [-0.2, -0.15) is 13.2 Å². The zero-order valence-corrected chi connectivity index (χ0v) is 24.6. The van der Waals surface area contributed by atoms with Crippen LogP contribution in [0.2, 0.25) is 0 Å². The number of pyridine rings is 1. The van der Waals surface area contributed by atoms with E-state index in [1.54, 1.807) is 37.4 Å². The van der Waals surface area contributed by atoms with Gasteiger partial charge in [0.05, 0.1) is 11.8 Å². The first kappa shape index (κ1) is 30.3. The molecular formula is C31H31F3N6O2S. The van der Waals surface area contributed by atoms with Gasteiger partial charge in [0.25, 0.3) is 5.91 Å². The highest BCUT2D eigenvalue weighted by Gasteiger charge is 2.35. The van der Waals surface area contributed by atoms with E-state index >= 15 is 0 Å². The first-order valence-corrected chi connectivity index (χ1v) is 14.7. The molecule has 0 aliphatic carbocycles. The summed E-state index contributed by atoms with van der Waals surface area (Å²) < 4.78 is 42.3. The maximum atomic E-state index is 14.1. The number of carbonyl (C=O) groups is 2. The van der Waals surface area contributed by atoms with Gasteiger partial charge in [0.2, 0.25) is 0 Å². The van der Waals surface area contributed by atoms with Crippen molar-refractivity contribution in [3.8, 4) is 0 Å². The van der Waals surface area contributed by atoms with Crippen molar-refractivity contribution in [1.82, 2.24) is 19.8 Å². The first-order valence-electron chi connectivity index (χ1n) is 13.9. The quantitative estimate of drug-likeness (QED) is 0.218. The summed E-state index contributed by atoms with van der Waals surface area (Å²) in [6.45, 7) is 7.91. The third-order valence-electron chi connectivity index (χ3n) is 7.36. The van der Waals surface area contributed by atoms with Crippen LogP contribution in [-0.4, -0.2) is 64.2 Å². The van der Waals surface area contributed by atoms with Gasteiger partial charge in [0, 0.05) is 55.7 Å². The summed E-state index contributed by atoms with van der Waals surface area (Å²) >= 11 is 1.13. The molecule has 1 fully saturated rings. The fourth-order valence-electron chi connectivity index (χ4n) is 4.86. The Morgan fingerprint density at radius 3 is 2.37 bits per heavy atom. The number of thiazole rings is 1. The molecule has 5 rings (SSSR count). The first-order chi connectivity index (χ1) is 20.6. The Morgan fingerprint density at radius 1 is 0.953 bits per heavy atom. The van der Waals surface area contributed by atoms with E-state index in [0.29, 0.717) is 40.2 Å². The van der Waals surface area contributed by atoms with Crippen molar-refractivity contribution in [1.29, 1.82) is 0 Å². The second-order valence-corrected chi connectivity index (χ2v) is 11.3. The third kappa shape index (κ3) is 7.45. The van der Waals surface area contributed by atoms with E-state index in [4.69, 9.17) is 0 Å². The van der Waals surface area contributed by atoms with Gasteiger partial charge in [-0.15, -0.1) is 0 Å². The van der Waals surface area contributed by atoms with Crippen LogP contribution in [0.25, 0.3) is 0 Å². The summed E-state index contributed by atoms with van der Waals surface area (Å²) in [5.41, 5.74) is 0.502. The smallest absolute Gasteiger partial charge is 0.321 e. The van der Waals surface area contributed by atoms with Gasteiger partial charge in [-0.05, 0) is 48.9 Å². The molecule has 0 radical (unpaired) electrons. The SMILES string of the molecule is CCN1CCN(Cc2ccc(C(=O)c3ccc(C)c(NC(=O)c4cnc(Nc5ccccn5)s4)c3)cc2C(F)(F)F)CC1. The average Bonchev–Trinajstić information content (AvgIpc) is 3.47. The lowest BCUT2D eigenvalue weighted by molar-refractivity contribution is -0.138. The number of nitrogens with zero attached hydrogens (tertiary/aromatic N) is 4.